The van der Waals surface area contributed by atoms with Gasteiger partial charge < -0.3 is 5.32 Å². The van der Waals surface area contributed by atoms with Gasteiger partial charge >= 0.3 is 6.18 Å². The quantitative estimate of drug-likeness (QED) is 0.366. The average molecular weight is 434 g/mol. The lowest BCUT2D eigenvalue weighted by molar-refractivity contribution is -0.137. The van der Waals surface area contributed by atoms with Crippen LogP contribution in [0.2, 0.25) is 10.0 Å². The molecule has 146 valence electrons. The zero-order valence-electron chi connectivity index (χ0n) is 14.6. The fraction of sp³-hybridized carbons (Fsp3) is 0.0476. The molecule has 0 aliphatic carbocycles. The van der Waals surface area contributed by atoms with E-state index >= 15 is 0 Å². The molecule has 0 aliphatic rings. The second kappa shape index (κ2) is 7.54. The fourth-order valence-electron chi connectivity index (χ4n) is 2.96. The third-order valence-corrected chi connectivity index (χ3v) is 5.04. The topological polar surface area (TPSA) is 37.8 Å². The van der Waals surface area contributed by atoms with Gasteiger partial charge in [0.05, 0.1) is 15.6 Å². The van der Waals surface area contributed by atoms with Crippen molar-refractivity contribution in [1.82, 2.24) is 10.2 Å². The minimum atomic E-state index is -4.45. The second-order valence-electron chi connectivity index (χ2n) is 6.28. The van der Waals surface area contributed by atoms with Crippen LogP contribution >= 0.6 is 23.2 Å². The molecule has 3 aromatic carbocycles. The first-order valence-electron chi connectivity index (χ1n) is 8.48. The van der Waals surface area contributed by atoms with Crippen LogP contribution in [0.1, 0.15) is 5.56 Å². The molecule has 0 atom stereocenters. The van der Waals surface area contributed by atoms with E-state index in [0.29, 0.717) is 26.5 Å². The van der Waals surface area contributed by atoms with Gasteiger partial charge in [0, 0.05) is 22.0 Å². The SMILES string of the molecule is FC(F)(F)c1cccc(Nc2nnc(-c3ccccc3)c3cc(Cl)c(Cl)cc23)c1. The molecule has 0 aliphatic heterocycles. The zero-order chi connectivity index (χ0) is 20.6. The van der Waals surface area contributed by atoms with E-state index in [2.05, 4.69) is 15.5 Å². The van der Waals surface area contributed by atoms with Crippen LogP contribution in [-0.4, -0.2) is 10.2 Å². The summed E-state index contributed by atoms with van der Waals surface area (Å²) in [5, 5.41) is 13.3. The monoisotopic (exact) mass is 433 g/mol. The van der Waals surface area contributed by atoms with Crippen LogP contribution in [0.5, 0.6) is 0 Å². The van der Waals surface area contributed by atoms with E-state index in [1.807, 2.05) is 30.3 Å². The summed E-state index contributed by atoms with van der Waals surface area (Å²) in [5.41, 5.74) is 0.887. The molecule has 0 bridgehead atoms. The van der Waals surface area contributed by atoms with Crippen molar-refractivity contribution < 1.29 is 13.2 Å². The summed E-state index contributed by atoms with van der Waals surface area (Å²) in [6.07, 6.45) is -4.45. The number of nitrogens with zero attached hydrogens (tertiary/aromatic N) is 2. The first kappa shape index (κ1) is 19.5. The van der Waals surface area contributed by atoms with Crippen molar-refractivity contribution >= 4 is 45.5 Å². The van der Waals surface area contributed by atoms with Gasteiger partial charge in [-0.15, -0.1) is 10.2 Å². The lowest BCUT2D eigenvalue weighted by atomic mass is 10.0. The summed E-state index contributed by atoms with van der Waals surface area (Å²) < 4.78 is 39.0. The number of rotatable bonds is 3. The largest absolute Gasteiger partial charge is 0.416 e. The van der Waals surface area contributed by atoms with Gasteiger partial charge in [-0.3, -0.25) is 0 Å². The molecule has 29 heavy (non-hydrogen) atoms. The lowest BCUT2D eigenvalue weighted by Gasteiger charge is -2.13. The van der Waals surface area contributed by atoms with E-state index in [9.17, 15) is 13.2 Å². The summed E-state index contributed by atoms with van der Waals surface area (Å²) in [6, 6.07) is 17.5. The molecule has 1 N–H and O–H groups in total. The van der Waals surface area contributed by atoms with Gasteiger partial charge in [0.1, 0.15) is 5.69 Å². The highest BCUT2D eigenvalue weighted by Gasteiger charge is 2.30. The molecular weight excluding hydrogens is 422 g/mol. The lowest BCUT2D eigenvalue weighted by Crippen LogP contribution is -2.06. The maximum absolute atomic E-state index is 13.0. The van der Waals surface area contributed by atoms with Crippen molar-refractivity contribution in [1.29, 1.82) is 0 Å². The van der Waals surface area contributed by atoms with Crippen molar-refractivity contribution in [3.63, 3.8) is 0 Å². The predicted octanol–water partition coefficient (Wildman–Crippen LogP) is 7.37. The number of alkyl halides is 3. The number of aromatic nitrogens is 2. The van der Waals surface area contributed by atoms with E-state index in [1.165, 1.54) is 12.1 Å². The average Bonchev–Trinajstić information content (AvgIpc) is 2.70. The third-order valence-electron chi connectivity index (χ3n) is 4.32. The Morgan fingerprint density at radius 3 is 2.14 bits per heavy atom. The number of fused-ring (bicyclic) bond motifs is 1. The molecule has 3 nitrogen and oxygen atoms in total. The Morgan fingerprint density at radius 2 is 1.45 bits per heavy atom. The van der Waals surface area contributed by atoms with Gasteiger partial charge in [-0.25, -0.2) is 0 Å². The summed E-state index contributed by atoms with van der Waals surface area (Å²) in [4.78, 5) is 0. The molecule has 4 rings (SSSR count). The molecule has 0 unspecified atom stereocenters. The molecule has 0 radical (unpaired) electrons. The Bertz CT molecular complexity index is 1200. The summed E-state index contributed by atoms with van der Waals surface area (Å²) >= 11 is 12.4. The van der Waals surface area contributed by atoms with Crippen LogP contribution in [0.4, 0.5) is 24.7 Å². The van der Waals surface area contributed by atoms with Crippen LogP contribution in [-0.2, 0) is 6.18 Å². The van der Waals surface area contributed by atoms with Gasteiger partial charge in [-0.1, -0.05) is 59.6 Å². The summed E-state index contributed by atoms with van der Waals surface area (Å²) in [5.74, 6) is 0.276. The first-order chi connectivity index (χ1) is 13.8. The molecule has 0 amide bonds. The van der Waals surface area contributed by atoms with Crippen LogP contribution in [0.3, 0.4) is 0 Å². The smallest absolute Gasteiger partial charge is 0.338 e. The number of halogens is 5. The molecule has 1 heterocycles. The van der Waals surface area contributed by atoms with Gasteiger partial charge in [-0.2, -0.15) is 13.2 Å². The number of benzene rings is 3. The molecule has 0 saturated heterocycles. The predicted molar refractivity (Wildman–Crippen MR) is 110 cm³/mol. The standard InChI is InChI=1S/C21H12Cl2F3N3/c22-17-10-15-16(11-18(17)23)20(29-28-19(15)12-5-2-1-3-6-12)27-14-8-4-7-13(9-14)21(24,25)26/h1-11H,(H,27,29). The first-order valence-corrected chi connectivity index (χ1v) is 9.23. The van der Waals surface area contributed by atoms with Gasteiger partial charge in [0.25, 0.3) is 0 Å². The summed E-state index contributed by atoms with van der Waals surface area (Å²) in [6.45, 7) is 0. The number of hydrogen-bond acceptors (Lipinski definition) is 3. The maximum atomic E-state index is 13.0. The van der Waals surface area contributed by atoms with E-state index in [0.717, 1.165) is 17.7 Å². The second-order valence-corrected chi connectivity index (χ2v) is 7.09. The number of hydrogen-bond donors (Lipinski definition) is 1. The molecular formula is C21H12Cl2F3N3. The summed E-state index contributed by atoms with van der Waals surface area (Å²) in [7, 11) is 0. The minimum absolute atomic E-state index is 0.231. The van der Waals surface area contributed by atoms with Crippen LogP contribution in [0.25, 0.3) is 22.0 Å². The normalized spacial score (nSPS) is 11.6. The van der Waals surface area contributed by atoms with Crippen molar-refractivity contribution in [3.05, 3.63) is 82.3 Å². The Labute approximate surface area is 174 Å². The van der Waals surface area contributed by atoms with E-state index in [4.69, 9.17) is 23.2 Å². The molecule has 4 aromatic rings. The number of nitrogens with one attached hydrogen (secondary N) is 1. The Balaban J connectivity index is 1.85. The van der Waals surface area contributed by atoms with Crippen molar-refractivity contribution in [3.8, 4) is 11.3 Å². The van der Waals surface area contributed by atoms with Gasteiger partial charge in [0.15, 0.2) is 5.82 Å². The Kier molecular flexibility index (Phi) is 5.06. The van der Waals surface area contributed by atoms with Crippen molar-refractivity contribution in [2.24, 2.45) is 0 Å². The zero-order valence-corrected chi connectivity index (χ0v) is 16.1. The Hall–Kier alpha value is -2.83. The highest BCUT2D eigenvalue weighted by molar-refractivity contribution is 6.43. The van der Waals surface area contributed by atoms with Crippen LogP contribution in [0, 0.1) is 0 Å². The number of anilines is 2. The highest BCUT2D eigenvalue weighted by atomic mass is 35.5. The van der Waals surface area contributed by atoms with E-state index in [1.54, 1.807) is 12.1 Å². The molecule has 0 saturated carbocycles. The molecule has 0 spiro atoms. The molecule has 1 aromatic heterocycles. The Morgan fingerprint density at radius 1 is 0.759 bits per heavy atom. The van der Waals surface area contributed by atoms with Crippen LogP contribution < -0.4 is 5.32 Å². The minimum Gasteiger partial charge on any atom is -0.338 e. The molecule has 0 fully saturated rings. The van der Waals surface area contributed by atoms with E-state index < -0.39 is 11.7 Å². The third kappa shape index (κ3) is 3.99. The van der Waals surface area contributed by atoms with Crippen molar-refractivity contribution in [2.75, 3.05) is 5.32 Å². The van der Waals surface area contributed by atoms with Gasteiger partial charge in [-0.05, 0) is 30.3 Å². The van der Waals surface area contributed by atoms with E-state index in [-0.39, 0.29) is 11.5 Å². The maximum Gasteiger partial charge on any atom is 0.416 e. The van der Waals surface area contributed by atoms with Crippen LogP contribution in [0.15, 0.2) is 66.7 Å². The highest BCUT2D eigenvalue weighted by Crippen LogP contribution is 2.37. The molecule has 8 heteroatoms. The van der Waals surface area contributed by atoms with Gasteiger partial charge in [0.2, 0.25) is 0 Å². The fourth-order valence-corrected chi connectivity index (χ4v) is 3.29. The van der Waals surface area contributed by atoms with Crippen molar-refractivity contribution in [2.45, 2.75) is 6.18 Å².